The maximum Gasteiger partial charge on any atom is 0.253 e. The number of ketones is 1. The summed E-state index contributed by atoms with van der Waals surface area (Å²) in [6, 6.07) is 3.52. The lowest BCUT2D eigenvalue weighted by Gasteiger charge is -2.18. The summed E-state index contributed by atoms with van der Waals surface area (Å²) in [6.07, 6.45) is 7.93. The van der Waals surface area contributed by atoms with Gasteiger partial charge in [-0.1, -0.05) is 13.8 Å². The van der Waals surface area contributed by atoms with E-state index in [1.54, 1.807) is 46.8 Å². The Morgan fingerprint density at radius 1 is 0.943 bits per heavy atom. The summed E-state index contributed by atoms with van der Waals surface area (Å²) in [5, 5.41) is 0. The van der Waals surface area contributed by atoms with Crippen LogP contribution < -0.4 is 9.47 Å². The minimum Gasteiger partial charge on any atom is -0.496 e. The van der Waals surface area contributed by atoms with E-state index in [1.807, 2.05) is 62.2 Å². The van der Waals surface area contributed by atoms with Gasteiger partial charge in [-0.05, 0) is 18.1 Å². The van der Waals surface area contributed by atoms with Crippen LogP contribution in [0.15, 0.2) is 40.6 Å². The molecule has 1 heterocycles. The van der Waals surface area contributed by atoms with Gasteiger partial charge in [0.1, 0.15) is 11.5 Å². The van der Waals surface area contributed by atoms with Crippen molar-refractivity contribution < 1.29 is 14.3 Å². The molecule has 0 aliphatic rings. The Bertz CT molecular complexity index is 1110. The van der Waals surface area contributed by atoms with Crippen molar-refractivity contribution in [1.82, 2.24) is 24.7 Å². The van der Waals surface area contributed by atoms with E-state index in [-0.39, 0.29) is 17.6 Å². The lowest BCUT2D eigenvalue weighted by molar-refractivity contribution is 0.104. The van der Waals surface area contributed by atoms with Crippen LogP contribution >= 0.6 is 0 Å². The van der Waals surface area contributed by atoms with Crippen molar-refractivity contribution in [2.75, 3.05) is 49.4 Å². The van der Waals surface area contributed by atoms with Gasteiger partial charge in [0.05, 0.1) is 31.5 Å². The van der Waals surface area contributed by atoms with E-state index < -0.39 is 0 Å². The smallest absolute Gasteiger partial charge is 0.253 e. The molecule has 0 bridgehead atoms. The Labute approximate surface area is 207 Å². The monoisotopic (exact) mass is 481 g/mol. The zero-order chi connectivity index (χ0) is 26.1. The van der Waals surface area contributed by atoms with Gasteiger partial charge in [0, 0.05) is 60.1 Å². The van der Waals surface area contributed by atoms with Crippen molar-refractivity contribution in [2.24, 2.45) is 9.98 Å². The average molecular weight is 482 g/mol. The van der Waals surface area contributed by atoms with E-state index in [2.05, 4.69) is 20.0 Å². The van der Waals surface area contributed by atoms with Crippen molar-refractivity contribution in [1.29, 1.82) is 0 Å². The standard InChI is InChI=1S/C25H35N7O3/c1-17(2)18-12-21(34-9)19(20(33)10-11-30(3)4)13-22(18)35-23-14-26-25(28-16-32(7)8)29-24(23)27-15-31(5)6/h10-17H,1-9H3/b11-10+,27-15?,28-16+. The fourth-order valence-electron chi connectivity index (χ4n) is 2.82. The molecule has 10 heteroatoms. The molecule has 0 radical (unpaired) electrons. The predicted molar refractivity (Wildman–Crippen MR) is 140 cm³/mol. The highest BCUT2D eigenvalue weighted by Gasteiger charge is 2.20. The molecule has 0 fully saturated rings. The Hall–Kier alpha value is -3.95. The van der Waals surface area contributed by atoms with E-state index in [0.717, 1.165) is 5.56 Å². The van der Waals surface area contributed by atoms with Crippen molar-refractivity contribution >= 4 is 30.2 Å². The Morgan fingerprint density at radius 3 is 2.17 bits per heavy atom. The number of nitrogens with zero attached hydrogens (tertiary/aromatic N) is 7. The predicted octanol–water partition coefficient (Wildman–Crippen LogP) is 4.10. The molecule has 1 aromatic heterocycles. The molecule has 2 rings (SSSR count). The SMILES string of the molecule is COc1cc(C(C)C)c(Oc2cnc(/N=C/N(C)C)nc2N=CN(C)C)cc1C(=O)/C=C/N(C)C. The Morgan fingerprint density at radius 2 is 1.60 bits per heavy atom. The minimum atomic E-state index is -0.203. The van der Waals surface area contributed by atoms with Crippen LogP contribution in [0.25, 0.3) is 0 Å². The van der Waals surface area contributed by atoms with E-state index in [4.69, 9.17) is 9.47 Å². The normalized spacial score (nSPS) is 11.6. The third-order valence-electron chi connectivity index (χ3n) is 4.50. The van der Waals surface area contributed by atoms with E-state index in [1.165, 1.54) is 12.3 Å². The fourth-order valence-corrected chi connectivity index (χ4v) is 2.82. The van der Waals surface area contributed by atoms with Gasteiger partial charge < -0.3 is 24.2 Å². The number of carbonyl (C=O) groups is 1. The van der Waals surface area contributed by atoms with Crippen LogP contribution in [0.4, 0.5) is 11.8 Å². The zero-order valence-electron chi connectivity index (χ0n) is 22.0. The lowest BCUT2D eigenvalue weighted by Crippen LogP contribution is -2.08. The molecular weight excluding hydrogens is 446 g/mol. The van der Waals surface area contributed by atoms with Crippen molar-refractivity contribution in [2.45, 2.75) is 19.8 Å². The van der Waals surface area contributed by atoms with Gasteiger partial charge in [-0.3, -0.25) is 4.79 Å². The molecule has 0 saturated heterocycles. The van der Waals surface area contributed by atoms with Crippen LogP contribution in [0.1, 0.15) is 35.7 Å². The zero-order valence-corrected chi connectivity index (χ0v) is 22.0. The second-order valence-corrected chi connectivity index (χ2v) is 8.76. The number of ether oxygens (including phenoxy) is 2. The van der Waals surface area contributed by atoms with E-state index in [0.29, 0.717) is 28.6 Å². The summed E-state index contributed by atoms with van der Waals surface area (Å²) in [6.45, 7) is 4.07. The average Bonchev–Trinajstić information content (AvgIpc) is 2.80. The molecule has 0 N–H and O–H groups in total. The Kier molecular flexibility index (Phi) is 9.74. The van der Waals surface area contributed by atoms with Gasteiger partial charge in [0.2, 0.25) is 5.82 Å². The van der Waals surface area contributed by atoms with Crippen LogP contribution in [0.2, 0.25) is 0 Å². The molecule has 0 atom stereocenters. The summed E-state index contributed by atoms with van der Waals surface area (Å²) in [5.41, 5.74) is 1.25. The minimum absolute atomic E-state index is 0.0963. The molecular formula is C25H35N7O3. The van der Waals surface area contributed by atoms with Gasteiger partial charge in [-0.2, -0.15) is 4.98 Å². The molecule has 0 aliphatic heterocycles. The first-order valence-electron chi connectivity index (χ1n) is 11.1. The first-order chi connectivity index (χ1) is 16.5. The topological polar surface area (TPSA) is 95.7 Å². The first kappa shape index (κ1) is 27.3. The molecule has 0 aliphatic carbocycles. The molecule has 35 heavy (non-hydrogen) atoms. The van der Waals surface area contributed by atoms with Crippen LogP contribution in [-0.4, -0.2) is 92.5 Å². The summed E-state index contributed by atoms with van der Waals surface area (Å²) in [4.78, 5) is 35.7. The van der Waals surface area contributed by atoms with Crippen LogP contribution in [0.3, 0.4) is 0 Å². The molecule has 0 unspecified atom stereocenters. The quantitative estimate of drug-likeness (QED) is 0.205. The summed E-state index contributed by atoms with van der Waals surface area (Å²) in [5.74, 6) is 1.76. The highest BCUT2D eigenvalue weighted by molar-refractivity contribution is 6.07. The van der Waals surface area contributed by atoms with Gasteiger partial charge in [0.25, 0.3) is 5.95 Å². The number of aromatic nitrogens is 2. The maximum absolute atomic E-state index is 12.9. The number of methoxy groups -OCH3 is 1. The number of hydrogen-bond donors (Lipinski definition) is 0. The number of carbonyl (C=O) groups excluding carboxylic acids is 1. The van der Waals surface area contributed by atoms with Gasteiger partial charge in [-0.25, -0.2) is 15.0 Å². The first-order valence-corrected chi connectivity index (χ1v) is 11.1. The summed E-state index contributed by atoms with van der Waals surface area (Å²) >= 11 is 0. The lowest BCUT2D eigenvalue weighted by atomic mass is 9.97. The third-order valence-corrected chi connectivity index (χ3v) is 4.50. The van der Waals surface area contributed by atoms with Gasteiger partial charge in [0.15, 0.2) is 11.5 Å². The van der Waals surface area contributed by atoms with Gasteiger partial charge in [-0.15, -0.1) is 0 Å². The molecule has 188 valence electrons. The van der Waals surface area contributed by atoms with E-state index in [9.17, 15) is 4.79 Å². The largest absolute Gasteiger partial charge is 0.496 e. The van der Waals surface area contributed by atoms with Crippen molar-refractivity contribution in [3.8, 4) is 17.2 Å². The number of rotatable bonds is 11. The highest BCUT2D eigenvalue weighted by atomic mass is 16.5. The molecule has 10 nitrogen and oxygen atoms in total. The van der Waals surface area contributed by atoms with Crippen LogP contribution in [0.5, 0.6) is 17.2 Å². The molecule has 1 aromatic carbocycles. The number of aliphatic imine (C=N–C) groups is 2. The Balaban J connectivity index is 2.60. The molecule has 0 saturated carbocycles. The summed E-state index contributed by atoms with van der Waals surface area (Å²) < 4.78 is 11.8. The number of hydrogen-bond acceptors (Lipinski definition) is 8. The van der Waals surface area contributed by atoms with Crippen molar-refractivity contribution in [3.05, 3.63) is 41.7 Å². The fraction of sp³-hybridized carbons (Fsp3) is 0.400. The molecule has 2 aromatic rings. The van der Waals surface area contributed by atoms with E-state index >= 15 is 0 Å². The number of benzene rings is 1. The second kappa shape index (κ2) is 12.5. The molecule has 0 amide bonds. The van der Waals surface area contributed by atoms with Crippen LogP contribution in [0, 0.1) is 0 Å². The van der Waals surface area contributed by atoms with Crippen LogP contribution in [-0.2, 0) is 0 Å². The van der Waals surface area contributed by atoms with Gasteiger partial charge >= 0.3 is 0 Å². The number of allylic oxidation sites excluding steroid dienone is 1. The highest BCUT2D eigenvalue weighted by Crippen LogP contribution is 2.39. The molecule has 0 spiro atoms. The summed E-state index contributed by atoms with van der Waals surface area (Å²) in [7, 11) is 12.7. The van der Waals surface area contributed by atoms with Crippen molar-refractivity contribution in [3.63, 3.8) is 0 Å². The maximum atomic E-state index is 12.9. The third kappa shape index (κ3) is 8.09. The second-order valence-electron chi connectivity index (χ2n) is 8.76.